The first-order valence-electron chi connectivity index (χ1n) is 5.52. The van der Waals surface area contributed by atoms with Crippen LogP contribution < -0.4 is 4.90 Å². The summed E-state index contributed by atoms with van der Waals surface area (Å²) in [5.41, 5.74) is -1.62. The van der Waals surface area contributed by atoms with Crippen LogP contribution in [0.15, 0.2) is 18.2 Å². The van der Waals surface area contributed by atoms with Crippen molar-refractivity contribution in [2.45, 2.75) is 13.1 Å². The first kappa shape index (κ1) is 15.2. The molecule has 0 aliphatic rings. The number of nitrogens with zero attached hydrogens (tertiary/aromatic N) is 2. The van der Waals surface area contributed by atoms with Crippen molar-refractivity contribution in [3.05, 3.63) is 33.9 Å². The Balaban J connectivity index is 3.29. The molecule has 5 nitrogen and oxygen atoms in total. The van der Waals surface area contributed by atoms with Crippen molar-refractivity contribution in [1.82, 2.24) is 0 Å². The van der Waals surface area contributed by atoms with Gasteiger partial charge in [0, 0.05) is 19.2 Å². The molecule has 1 aromatic rings. The van der Waals surface area contributed by atoms with E-state index in [0.717, 1.165) is 12.1 Å². The van der Waals surface area contributed by atoms with E-state index >= 15 is 0 Å². The highest BCUT2D eigenvalue weighted by Gasteiger charge is 2.33. The number of nitro groups is 1. The third-order valence-corrected chi connectivity index (χ3v) is 2.59. The van der Waals surface area contributed by atoms with Crippen LogP contribution in [0, 0.1) is 10.1 Å². The number of likely N-dealkylation sites (N-methyl/N-ethyl adjacent to an activating group) is 1. The summed E-state index contributed by atoms with van der Waals surface area (Å²) in [5, 5.41) is 19.7. The van der Waals surface area contributed by atoms with E-state index in [-0.39, 0.29) is 18.8 Å². The third-order valence-electron chi connectivity index (χ3n) is 2.59. The van der Waals surface area contributed by atoms with Gasteiger partial charge in [-0.25, -0.2) is 0 Å². The van der Waals surface area contributed by atoms with E-state index in [1.807, 2.05) is 0 Å². The lowest BCUT2D eigenvalue weighted by atomic mass is 10.1. The number of nitro benzene ring substituents is 1. The molecule has 1 N–H and O–H groups in total. The molecular weight excluding hydrogens is 265 g/mol. The molecule has 8 heteroatoms. The van der Waals surface area contributed by atoms with Gasteiger partial charge in [-0.3, -0.25) is 10.1 Å². The van der Waals surface area contributed by atoms with Crippen LogP contribution in [0.4, 0.5) is 24.5 Å². The second-order valence-corrected chi connectivity index (χ2v) is 3.76. The minimum Gasteiger partial charge on any atom is -0.395 e. The monoisotopic (exact) mass is 278 g/mol. The maximum absolute atomic E-state index is 12.5. The van der Waals surface area contributed by atoms with Crippen LogP contribution >= 0.6 is 0 Å². The lowest BCUT2D eigenvalue weighted by Crippen LogP contribution is -2.27. The molecular formula is C11H13F3N2O3. The van der Waals surface area contributed by atoms with Crippen molar-refractivity contribution in [1.29, 1.82) is 0 Å². The summed E-state index contributed by atoms with van der Waals surface area (Å²) in [6.45, 7) is 1.90. The first-order chi connectivity index (χ1) is 8.81. The Labute approximate surface area is 107 Å². The molecule has 0 spiro atoms. The van der Waals surface area contributed by atoms with Crippen molar-refractivity contribution in [2.24, 2.45) is 0 Å². The van der Waals surface area contributed by atoms with Crippen LogP contribution in [0.1, 0.15) is 12.5 Å². The summed E-state index contributed by atoms with van der Waals surface area (Å²) >= 11 is 0. The van der Waals surface area contributed by atoms with E-state index < -0.39 is 22.4 Å². The van der Waals surface area contributed by atoms with Gasteiger partial charge in [0.1, 0.15) is 5.69 Å². The van der Waals surface area contributed by atoms with E-state index in [2.05, 4.69) is 0 Å². The molecule has 0 saturated heterocycles. The minimum absolute atomic E-state index is 0.0644. The summed E-state index contributed by atoms with van der Waals surface area (Å²) in [6.07, 6.45) is -4.63. The number of hydrogen-bond donors (Lipinski definition) is 1. The maximum atomic E-state index is 12.5. The Morgan fingerprint density at radius 1 is 1.42 bits per heavy atom. The number of rotatable bonds is 5. The smallest absolute Gasteiger partial charge is 0.395 e. The van der Waals surface area contributed by atoms with Gasteiger partial charge in [-0.1, -0.05) is 0 Å². The fourth-order valence-corrected chi connectivity index (χ4v) is 1.68. The fourth-order valence-electron chi connectivity index (χ4n) is 1.68. The van der Waals surface area contributed by atoms with Crippen LogP contribution in [0.2, 0.25) is 0 Å². The van der Waals surface area contributed by atoms with Crippen molar-refractivity contribution < 1.29 is 23.2 Å². The van der Waals surface area contributed by atoms with Crippen molar-refractivity contribution in [3.8, 4) is 0 Å². The second kappa shape index (κ2) is 5.87. The molecule has 0 fully saturated rings. The summed E-state index contributed by atoms with van der Waals surface area (Å²) in [6, 6.07) is 2.36. The molecule has 0 aliphatic carbocycles. The van der Waals surface area contributed by atoms with Crippen LogP contribution in [0.5, 0.6) is 0 Å². The van der Waals surface area contributed by atoms with Gasteiger partial charge in [0.2, 0.25) is 0 Å². The number of anilines is 1. The van der Waals surface area contributed by atoms with Gasteiger partial charge in [-0.05, 0) is 19.1 Å². The number of halogens is 3. The quantitative estimate of drug-likeness (QED) is 0.663. The average Bonchev–Trinajstić information content (AvgIpc) is 2.34. The Kier molecular flexibility index (Phi) is 4.71. The molecule has 0 aliphatic heterocycles. The Bertz CT molecular complexity index is 463. The van der Waals surface area contributed by atoms with E-state index in [0.29, 0.717) is 12.6 Å². The highest BCUT2D eigenvalue weighted by Crippen LogP contribution is 2.36. The van der Waals surface area contributed by atoms with Gasteiger partial charge < -0.3 is 10.0 Å². The number of aliphatic hydroxyl groups is 1. The highest BCUT2D eigenvalue weighted by atomic mass is 19.4. The van der Waals surface area contributed by atoms with Crippen molar-refractivity contribution in [3.63, 3.8) is 0 Å². The topological polar surface area (TPSA) is 66.6 Å². The third kappa shape index (κ3) is 3.57. The number of benzene rings is 1. The Morgan fingerprint density at radius 3 is 2.47 bits per heavy atom. The van der Waals surface area contributed by atoms with Gasteiger partial charge >= 0.3 is 6.18 Å². The molecule has 106 valence electrons. The molecule has 0 amide bonds. The van der Waals surface area contributed by atoms with Crippen LogP contribution in [0.3, 0.4) is 0 Å². The lowest BCUT2D eigenvalue weighted by Gasteiger charge is -2.22. The van der Waals surface area contributed by atoms with Gasteiger partial charge in [-0.15, -0.1) is 0 Å². The molecule has 19 heavy (non-hydrogen) atoms. The van der Waals surface area contributed by atoms with Crippen LogP contribution in [-0.2, 0) is 6.18 Å². The Hall–Kier alpha value is -1.83. The Morgan fingerprint density at radius 2 is 2.05 bits per heavy atom. The minimum atomic E-state index is -4.63. The molecule has 0 bridgehead atoms. The number of alkyl halides is 3. The maximum Gasteiger partial charge on any atom is 0.416 e. The molecule has 0 unspecified atom stereocenters. The summed E-state index contributed by atoms with van der Waals surface area (Å²) < 4.78 is 37.6. The van der Waals surface area contributed by atoms with Crippen molar-refractivity contribution in [2.75, 3.05) is 24.6 Å². The molecule has 1 aromatic carbocycles. The van der Waals surface area contributed by atoms with Crippen molar-refractivity contribution >= 4 is 11.4 Å². The molecule has 0 aromatic heterocycles. The standard InChI is InChI=1S/C11H13F3N2O3/c1-2-15(5-6-17)9-4-3-8(11(12,13)14)7-10(9)16(18)19/h3-4,7,17H,2,5-6H2,1H3. The van der Waals surface area contributed by atoms with Gasteiger partial charge in [0.25, 0.3) is 5.69 Å². The fraction of sp³-hybridized carbons (Fsp3) is 0.455. The van der Waals surface area contributed by atoms with E-state index in [9.17, 15) is 23.3 Å². The zero-order valence-corrected chi connectivity index (χ0v) is 10.1. The van der Waals surface area contributed by atoms with E-state index in [4.69, 9.17) is 5.11 Å². The molecule has 0 atom stereocenters. The van der Waals surface area contributed by atoms with Crippen LogP contribution in [-0.4, -0.2) is 29.7 Å². The van der Waals surface area contributed by atoms with E-state index in [1.54, 1.807) is 6.92 Å². The second-order valence-electron chi connectivity index (χ2n) is 3.76. The predicted molar refractivity (Wildman–Crippen MR) is 63.1 cm³/mol. The normalized spacial score (nSPS) is 11.4. The highest BCUT2D eigenvalue weighted by molar-refractivity contribution is 5.64. The summed E-state index contributed by atoms with van der Waals surface area (Å²) in [4.78, 5) is 11.5. The number of aliphatic hydroxyl groups excluding tert-OH is 1. The molecule has 0 saturated carbocycles. The molecule has 0 radical (unpaired) electrons. The zero-order valence-electron chi connectivity index (χ0n) is 10.1. The zero-order chi connectivity index (χ0) is 14.6. The average molecular weight is 278 g/mol. The van der Waals surface area contributed by atoms with Gasteiger partial charge in [-0.2, -0.15) is 13.2 Å². The SMILES string of the molecule is CCN(CCO)c1ccc(C(F)(F)F)cc1[N+](=O)[O-]. The van der Waals surface area contributed by atoms with Gasteiger partial charge in [0.15, 0.2) is 0 Å². The molecule has 0 heterocycles. The predicted octanol–water partition coefficient (Wildman–Crippen LogP) is 2.43. The largest absolute Gasteiger partial charge is 0.416 e. The molecule has 1 rings (SSSR count). The lowest BCUT2D eigenvalue weighted by molar-refractivity contribution is -0.384. The summed E-state index contributed by atoms with van der Waals surface area (Å²) in [7, 11) is 0. The van der Waals surface area contributed by atoms with Gasteiger partial charge in [0.05, 0.1) is 17.1 Å². The van der Waals surface area contributed by atoms with Crippen LogP contribution in [0.25, 0.3) is 0 Å². The summed E-state index contributed by atoms with van der Waals surface area (Å²) in [5.74, 6) is 0. The first-order valence-corrected chi connectivity index (χ1v) is 5.52. The van der Waals surface area contributed by atoms with E-state index in [1.165, 1.54) is 4.90 Å². The number of hydrogen-bond acceptors (Lipinski definition) is 4.